The molecule has 440 valence electrons. The average molecular weight is 1180 g/mol. The van der Waals surface area contributed by atoms with Gasteiger partial charge in [0.1, 0.15) is 11.2 Å². The Kier molecular flexibility index (Phi) is 12.7. The standard InChI is InChI=1S/C87H68BN3O/c1-85(2,61-28-16-9-17-29-61)64-41-48-76-71(50-64)72-51-65(86(3,4)62-30-18-10-19-31-62)42-49-77(72)91(76)69-53-80-84-81(54-69)90(68-45-38-60(39-46-68)58-26-14-8-15-27-58)79-55-73-70-34-22-23-35-82(70)92-83(73)56-75(79)88(84)74-47-40-66(87(5,6)63-32-20-11-21-33-63)52-78(74)89(80)67-43-36-59(37-44-67)57-24-12-7-13-25-57/h7-56H,1-6H3. The SMILES string of the molecule is CC(C)(c1ccccc1)c1ccc2c(c1)N(c1ccc(-c3ccccc3)cc1)c1cc(-n3c4ccc(C(C)(C)c5ccccc5)cc4c4cc(C(C)(C)c5ccccc5)ccc43)cc3c1B2c1cc2oc4ccccc4c2cc1N3c1ccc(-c2ccccc2)cc1. The summed E-state index contributed by atoms with van der Waals surface area (Å²) in [7, 11) is 0. The zero-order valence-electron chi connectivity index (χ0n) is 52.7. The summed E-state index contributed by atoms with van der Waals surface area (Å²) in [5.41, 5.74) is 26.9. The predicted octanol–water partition coefficient (Wildman–Crippen LogP) is 21.1. The van der Waals surface area contributed by atoms with E-state index in [-0.39, 0.29) is 23.0 Å². The van der Waals surface area contributed by atoms with Gasteiger partial charge in [-0.15, -0.1) is 0 Å². The predicted molar refractivity (Wildman–Crippen MR) is 389 cm³/mol. The minimum atomic E-state index is -0.329. The summed E-state index contributed by atoms with van der Waals surface area (Å²) in [6, 6.07) is 113. The second-order valence-electron chi connectivity index (χ2n) is 26.9. The van der Waals surface area contributed by atoms with Crippen LogP contribution < -0.4 is 26.2 Å². The van der Waals surface area contributed by atoms with E-state index in [2.05, 4.69) is 359 Å². The second kappa shape index (κ2) is 21.1. The molecule has 0 saturated heterocycles. The van der Waals surface area contributed by atoms with Crippen molar-refractivity contribution in [1.82, 2.24) is 4.57 Å². The smallest absolute Gasteiger partial charge is 0.252 e. The van der Waals surface area contributed by atoms with Crippen LogP contribution in [0.3, 0.4) is 0 Å². The maximum atomic E-state index is 6.92. The van der Waals surface area contributed by atoms with Crippen LogP contribution in [0, 0.1) is 0 Å². The number of furan rings is 1. The Morgan fingerprint density at radius 2 is 0.674 bits per heavy atom. The molecule has 0 N–H and O–H groups in total. The molecular weight excluding hydrogens is 1110 g/mol. The number of rotatable bonds is 11. The van der Waals surface area contributed by atoms with Crippen LogP contribution in [0.4, 0.5) is 34.1 Å². The molecule has 0 atom stereocenters. The average Bonchev–Trinajstić information content (AvgIpc) is 1.42. The molecule has 4 nitrogen and oxygen atoms in total. The number of anilines is 6. The third-order valence-corrected chi connectivity index (χ3v) is 20.7. The molecule has 0 saturated carbocycles. The summed E-state index contributed by atoms with van der Waals surface area (Å²) in [5.74, 6) is 0. The van der Waals surface area contributed by atoms with Gasteiger partial charge in [0.05, 0.1) is 16.7 Å². The molecule has 13 aromatic carbocycles. The molecule has 2 aliphatic heterocycles. The van der Waals surface area contributed by atoms with Crippen molar-refractivity contribution in [2.45, 2.75) is 57.8 Å². The molecule has 0 radical (unpaired) electrons. The lowest BCUT2D eigenvalue weighted by atomic mass is 9.33. The molecule has 2 aromatic heterocycles. The summed E-state index contributed by atoms with van der Waals surface area (Å²) in [4.78, 5) is 5.15. The highest BCUT2D eigenvalue weighted by atomic mass is 16.3. The van der Waals surface area contributed by atoms with E-state index in [1.165, 1.54) is 82.8 Å². The van der Waals surface area contributed by atoms with Gasteiger partial charge in [-0.25, -0.2) is 0 Å². The summed E-state index contributed by atoms with van der Waals surface area (Å²) >= 11 is 0. The van der Waals surface area contributed by atoms with Crippen LogP contribution in [0.15, 0.2) is 308 Å². The number of nitrogens with zero attached hydrogens (tertiary/aromatic N) is 3. The number of hydrogen-bond donors (Lipinski definition) is 0. The number of fused-ring (bicyclic) bond motifs is 10. The molecule has 0 amide bonds. The Morgan fingerprint density at radius 3 is 1.15 bits per heavy atom. The first-order valence-electron chi connectivity index (χ1n) is 32.3. The van der Waals surface area contributed by atoms with Gasteiger partial charge in [-0.3, -0.25) is 0 Å². The molecule has 2 aliphatic rings. The number of hydrogen-bond acceptors (Lipinski definition) is 3. The van der Waals surface area contributed by atoms with Crippen molar-refractivity contribution >= 4 is 101 Å². The van der Waals surface area contributed by atoms with Crippen molar-refractivity contribution in [3.05, 3.63) is 337 Å². The Morgan fingerprint density at radius 1 is 0.272 bits per heavy atom. The van der Waals surface area contributed by atoms with Gasteiger partial charge in [0.25, 0.3) is 6.71 Å². The number of benzene rings is 13. The molecule has 15 aromatic rings. The van der Waals surface area contributed by atoms with Crippen molar-refractivity contribution in [2.75, 3.05) is 9.80 Å². The largest absolute Gasteiger partial charge is 0.456 e. The highest BCUT2D eigenvalue weighted by molar-refractivity contribution is 7.00. The van der Waals surface area contributed by atoms with Gasteiger partial charge in [-0.1, -0.05) is 260 Å². The summed E-state index contributed by atoms with van der Waals surface area (Å²) < 4.78 is 9.48. The van der Waals surface area contributed by atoms with Crippen molar-refractivity contribution in [3.63, 3.8) is 0 Å². The molecular formula is C87H68BN3O. The van der Waals surface area contributed by atoms with E-state index >= 15 is 0 Å². The van der Waals surface area contributed by atoms with E-state index in [4.69, 9.17) is 4.42 Å². The number of aromatic nitrogens is 1. The normalized spacial score (nSPS) is 13.0. The first kappa shape index (κ1) is 55.2. The first-order valence-corrected chi connectivity index (χ1v) is 32.3. The van der Waals surface area contributed by atoms with Gasteiger partial charge in [0, 0.05) is 71.9 Å². The minimum Gasteiger partial charge on any atom is -0.456 e. The molecule has 92 heavy (non-hydrogen) atoms. The molecule has 0 unspecified atom stereocenters. The molecule has 0 spiro atoms. The minimum absolute atomic E-state index is 0.186. The molecule has 17 rings (SSSR count). The molecule has 0 fully saturated rings. The van der Waals surface area contributed by atoms with Crippen LogP contribution in [0.1, 0.15) is 74.9 Å². The maximum absolute atomic E-state index is 6.92. The van der Waals surface area contributed by atoms with Gasteiger partial charge < -0.3 is 18.8 Å². The van der Waals surface area contributed by atoms with Crippen LogP contribution in [0.5, 0.6) is 0 Å². The van der Waals surface area contributed by atoms with Crippen molar-refractivity contribution in [1.29, 1.82) is 0 Å². The van der Waals surface area contributed by atoms with Crippen LogP contribution in [0.25, 0.3) is 71.7 Å². The monoisotopic (exact) mass is 1180 g/mol. The van der Waals surface area contributed by atoms with Crippen LogP contribution in [0.2, 0.25) is 0 Å². The lowest BCUT2D eigenvalue weighted by Crippen LogP contribution is -2.61. The Labute approximate surface area is 539 Å². The Bertz CT molecular complexity index is 5230. The quantitative estimate of drug-likeness (QED) is 0.121. The lowest BCUT2D eigenvalue weighted by molar-refractivity contribution is 0.641. The molecule has 0 aliphatic carbocycles. The third kappa shape index (κ3) is 8.74. The molecule has 0 bridgehead atoms. The van der Waals surface area contributed by atoms with E-state index in [1.54, 1.807) is 0 Å². The topological polar surface area (TPSA) is 24.6 Å². The highest BCUT2D eigenvalue weighted by Crippen LogP contribution is 2.50. The summed E-state index contributed by atoms with van der Waals surface area (Å²) in [6.45, 7) is 14.0. The van der Waals surface area contributed by atoms with Crippen molar-refractivity contribution < 1.29 is 4.42 Å². The Balaban J connectivity index is 0.988. The fraction of sp³-hybridized carbons (Fsp3) is 0.103. The van der Waals surface area contributed by atoms with E-state index in [0.717, 1.165) is 72.8 Å². The van der Waals surface area contributed by atoms with Gasteiger partial charge in [0.2, 0.25) is 0 Å². The van der Waals surface area contributed by atoms with E-state index in [9.17, 15) is 0 Å². The fourth-order valence-electron chi connectivity index (χ4n) is 15.3. The first-order chi connectivity index (χ1) is 44.9. The van der Waals surface area contributed by atoms with Gasteiger partial charge in [-0.05, 0) is 157 Å². The van der Waals surface area contributed by atoms with E-state index < -0.39 is 0 Å². The van der Waals surface area contributed by atoms with Crippen LogP contribution in [-0.4, -0.2) is 11.3 Å². The zero-order chi connectivity index (χ0) is 62.0. The van der Waals surface area contributed by atoms with Crippen molar-refractivity contribution in [2.24, 2.45) is 0 Å². The van der Waals surface area contributed by atoms with Gasteiger partial charge >= 0.3 is 0 Å². The second-order valence-corrected chi connectivity index (χ2v) is 26.9. The van der Waals surface area contributed by atoms with Crippen molar-refractivity contribution in [3.8, 4) is 27.9 Å². The molecule has 4 heterocycles. The highest BCUT2D eigenvalue weighted by Gasteiger charge is 2.45. The van der Waals surface area contributed by atoms with E-state index in [0.29, 0.717) is 0 Å². The fourth-order valence-corrected chi connectivity index (χ4v) is 15.3. The zero-order valence-corrected chi connectivity index (χ0v) is 52.7. The van der Waals surface area contributed by atoms with Crippen LogP contribution in [-0.2, 0) is 16.2 Å². The van der Waals surface area contributed by atoms with E-state index in [1.807, 2.05) is 0 Å². The van der Waals surface area contributed by atoms with Gasteiger partial charge in [-0.2, -0.15) is 0 Å². The number of para-hydroxylation sites is 1. The lowest BCUT2D eigenvalue weighted by Gasteiger charge is -2.45. The van der Waals surface area contributed by atoms with Gasteiger partial charge in [0.15, 0.2) is 0 Å². The Hall–Kier alpha value is -10.9. The summed E-state index contributed by atoms with van der Waals surface area (Å²) in [6.07, 6.45) is 0. The molecule has 5 heteroatoms. The third-order valence-electron chi connectivity index (χ3n) is 20.7. The maximum Gasteiger partial charge on any atom is 0.252 e. The van der Waals surface area contributed by atoms with Crippen LogP contribution >= 0.6 is 0 Å². The summed E-state index contributed by atoms with van der Waals surface area (Å²) in [5, 5.41) is 4.63.